The van der Waals surface area contributed by atoms with Crippen LogP contribution in [0.1, 0.15) is 26.3 Å². The molecule has 0 heterocycles. The molecule has 0 aliphatic heterocycles. The molecule has 0 saturated heterocycles. The average molecular weight is 325 g/mol. The van der Waals surface area contributed by atoms with Crippen LogP contribution in [0.15, 0.2) is 21.0 Å². The SMILES string of the molecule is CC(C)(C)SN=Cc1ccc(Cl)c(F)c1Br. The monoisotopic (exact) mass is 323 g/mol. The fourth-order valence-electron chi connectivity index (χ4n) is 0.882. The summed E-state index contributed by atoms with van der Waals surface area (Å²) < 4.78 is 18.0. The molecule has 1 aromatic carbocycles. The molecule has 1 nitrogen and oxygen atoms in total. The summed E-state index contributed by atoms with van der Waals surface area (Å²) in [6.07, 6.45) is 1.62. The summed E-state index contributed by atoms with van der Waals surface area (Å²) in [5.74, 6) is -0.452. The first-order valence-corrected chi connectivity index (χ1v) is 6.61. The number of halogens is 3. The number of nitrogens with zero attached hydrogens (tertiary/aromatic N) is 1. The lowest BCUT2D eigenvalue weighted by Gasteiger charge is -2.12. The molecule has 0 saturated carbocycles. The fraction of sp³-hybridized carbons (Fsp3) is 0.364. The summed E-state index contributed by atoms with van der Waals surface area (Å²) in [5.41, 5.74) is 0.679. The Morgan fingerprint density at radius 2 is 2.06 bits per heavy atom. The number of rotatable bonds is 2. The van der Waals surface area contributed by atoms with E-state index in [0.29, 0.717) is 10.0 Å². The van der Waals surface area contributed by atoms with Crippen LogP contribution in [0.3, 0.4) is 0 Å². The van der Waals surface area contributed by atoms with Crippen molar-refractivity contribution in [3.63, 3.8) is 0 Å². The molecule has 0 spiro atoms. The van der Waals surface area contributed by atoms with E-state index in [0.717, 1.165) is 0 Å². The Morgan fingerprint density at radius 3 is 2.62 bits per heavy atom. The minimum atomic E-state index is -0.452. The molecule has 1 aromatic rings. The molecule has 5 heteroatoms. The second-order valence-corrected chi connectivity index (χ2v) is 7.02. The first-order valence-electron chi connectivity index (χ1n) is 4.66. The lowest BCUT2D eigenvalue weighted by molar-refractivity contribution is 0.621. The van der Waals surface area contributed by atoms with Crippen molar-refractivity contribution in [1.82, 2.24) is 0 Å². The van der Waals surface area contributed by atoms with Gasteiger partial charge < -0.3 is 0 Å². The highest BCUT2D eigenvalue weighted by Crippen LogP contribution is 2.27. The van der Waals surface area contributed by atoms with Crippen molar-refractivity contribution in [3.05, 3.63) is 33.0 Å². The minimum absolute atomic E-state index is 0.0495. The topological polar surface area (TPSA) is 12.4 Å². The first-order chi connectivity index (χ1) is 7.31. The Balaban J connectivity index is 2.87. The van der Waals surface area contributed by atoms with Gasteiger partial charge in [0.15, 0.2) is 5.82 Å². The van der Waals surface area contributed by atoms with Crippen molar-refractivity contribution in [2.24, 2.45) is 4.40 Å². The van der Waals surface area contributed by atoms with Gasteiger partial charge in [0.2, 0.25) is 0 Å². The molecule has 88 valence electrons. The Hall–Kier alpha value is -0.0600. The van der Waals surface area contributed by atoms with Crippen LogP contribution in [0.25, 0.3) is 0 Å². The van der Waals surface area contributed by atoms with Gasteiger partial charge in [0, 0.05) is 16.5 Å². The van der Waals surface area contributed by atoms with Crippen molar-refractivity contribution in [2.45, 2.75) is 25.5 Å². The maximum Gasteiger partial charge on any atom is 0.156 e. The van der Waals surface area contributed by atoms with Crippen molar-refractivity contribution in [1.29, 1.82) is 0 Å². The van der Waals surface area contributed by atoms with Gasteiger partial charge in [0.05, 0.1) is 9.50 Å². The molecule has 0 N–H and O–H groups in total. The van der Waals surface area contributed by atoms with Crippen LogP contribution in [0.2, 0.25) is 5.02 Å². The fourth-order valence-corrected chi connectivity index (χ4v) is 2.08. The molecule has 1 rings (SSSR count). The van der Waals surface area contributed by atoms with Gasteiger partial charge in [-0.3, -0.25) is 0 Å². The first kappa shape index (κ1) is 14.0. The largest absolute Gasteiger partial charge is 0.223 e. The second-order valence-electron chi connectivity index (χ2n) is 4.20. The standard InChI is InChI=1S/C11H12BrClFNS/c1-11(2,3)16-15-6-7-4-5-8(13)10(14)9(7)12/h4-6H,1-3H3. The van der Waals surface area contributed by atoms with Crippen LogP contribution in [-0.4, -0.2) is 11.0 Å². The normalized spacial score (nSPS) is 12.4. The maximum absolute atomic E-state index is 13.4. The van der Waals surface area contributed by atoms with Crippen molar-refractivity contribution in [3.8, 4) is 0 Å². The summed E-state index contributed by atoms with van der Waals surface area (Å²) >= 11 is 10.2. The van der Waals surface area contributed by atoms with Crippen molar-refractivity contribution < 1.29 is 4.39 Å². The summed E-state index contributed by atoms with van der Waals surface area (Å²) in [7, 11) is 0. The molecule has 0 aliphatic carbocycles. The molecule has 0 radical (unpaired) electrons. The Bertz CT molecular complexity index is 415. The molecule has 16 heavy (non-hydrogen) atoms. The summed E-state index contributed by atoms with van der Waals surface area (Å²) in [6.45, 7) is 6.19. The van der Waals surface area contributed by atoms with Gasteiger partial charge in [-0.05, 0) is 54.7 Å². The molecular formula is C11H12BrClFNS. The van der Waals surface area contributed by atoms with E-state index < -0.39 is 5.82 Å². The van der Waals surface area contributed by atoms with E-state index in [4.69, 9.17) is 11.6 Å². The minimum Gasteiger partial charge on any atom is -0.223 e. The van der Waals surface area contributed by atoms with E-state index in [-0.39, 0.29) is 9.77 Å². The number of benzene rings is 1. The van der Waals surface area contributed by atoms with E-state index in [1.165, 1.54) is 18.0 Å². The van der Waals surface area contributed by atoms with Gasteiger partial charge in [-0.15, -0.1) is 0 Å². The smallest absolute Gasteiger partial charge is 0.156 e. The van der Waals surface area contributed by atoms with Crippen LogP contribution in [0.5, 0.6) is 0 Å². The van der Waals surface area contributed by atoms with E-state index in [1.54, 1.807) is 12.3 Å². The third kappa shape index (κ3) is 4.07. The zero-order valence-corrected chi connectivity index (χ0v) is 12.4. The second kappa shape index (κ2) is 5.52. The lowest BCUT2D eigenvalue weighted by Crippen LogP contribution is -2.05. The molecule has 0 amide bonds. The zero-order valence-electron chi connectivity index (χ0n) is 9.22. The highest BCUT2D eigenvalue weighted by molar-refractivity contribution is 9.10. The highest BCUT2D eigenvalue weighted by atomic mass is 79.9. The molecule has 0 bridgehead atoms. The molecule has 0 unspecified atom stereocenters. The van der Waals surface area contributed by atoms with Gasteiger partial charge in [-0.2, -0.15) is 0 Å². The summed E-state index contributed by atoms with van der Waals surface area (Å²) in [6, 6.07) is 3.24. The highest BCUT2D eigenvalue weighted by Gasteiger charge is 2.11. The predicted octanol–water partition coefficient (Wildman–Crippen LogP) is 5.11. The van der Waals surface area contributed by atoms with Gasteiger partial charge in [-0.1, -0.05) is 17.7 Å². The van der Waals surface area contributed by atoms with Crippen LogP contribution < -0.4 is 0 Å². The van der Waals surface area contributed by atoms with Crippen molar-refractivity contribution in [2.75, 3.05) is 0 Å². The van der Waals surface area contributed by atoms with E-state index in [9.17, 15) is 4.39 Å². The van der Waals surface area contributed by atoms with Gasteiger partial charge >= 0.3 is 0 Å². The summed E-state index contributed by atoms with van der Waals surface area (Å²) in [5, 5.41) is 0.104. The van der Waals surface area contributed by atoms with Crippen LogP contribution >= 0.6 is 39.5 Å². The van der Waals surface area contributed by atoms with Crippen molar-refractivity contribution >= 4 is 45.7 Å². The van der Waals surface area contributed by atoms with E-state index in [2.05, 4.69) is 41.1 Å². The lowest BCUT2D eigenvalue weighted by atomic mass is 10.2. The third-order valence-corrected chi connectivity index (χ3v) is 3.44. The van der Waals surface area contributed by atoms with Crippen LogP contribution in [0, 0.1) is 5.82 Å². The van der Waals surface area contributed by atoms with Crippen LogP contribution in [0.4, 0.5) is 4.39 Å². The Labute approximate surface area is 113 Å². The summed E-state index contributed by atoms with van der Waals surface area (Å²) in [4.78, 5) is 0. The predicted molar refractivity (Wildman–Crippen MR) is 74.0 cm³/mol. The molecule has 0 fully saturated rings. The molecular weight excluding hydrogens is 313 g/mol. The number of hydrogen-bond acceptors (Lipinski definition) is 2. The van der Waals surface area contributed by atoms with E-state index >= 15 is 0 Å². The Morgan fingerprint density at radius 1 is 1.44 bits per heavy atom. The van der Waals surface area contributed by atoms with E-state index in [1.807, 2.05) is 0 Å². The quantitative estimate of drug-likeness (QED) is 0.418. The molecule has 0 aromatic heterocycles. The van der Waals surface area contributed by atoms with Gasteiger partial charge in [-0.25, -0.2) is 8.79 Å². The Kier molecular flexibility index (Phi) is 4.83. The molecule has 0 atom stereocenters. The van der Waals surface area contributed by atoms with Gasteiger partial charge in [0.1, 0.15) is 0 Å². The molecule has 0 aliphatic rings. The van der Waals surface area contributed by atoms with Gasteiger partial charge in [0.25, 0.3) is 0 Å². The average Bonchev–Trinajstić information content (AvgIpc) is 2.16. The maximum atomic E-state index is 13.4. The third-order valence-electron chi connectivity index (χ3n) is 1.58. The zero-order chi connectivity index (χ0) is 12.3. The van der Waals surface area contributed by atoms with Crippen LogP contribution in [-0.2, 0) is 0 Å². The number of hydrogen-bond donors (Lipinski definition) is 0.